The van der Waals surface area contributed by atoms with Crippen LogP contribution in [-0.4, -0.2) is 54.7 Å². The lowest BCUT2D eigenvalue weighted by Gasteiger charge is -2.14. The molecule has 120 valence electrons. The summed E-state index contributed by atoms with van der Waals surface area (Å²) < 4.78 is 37.9. The van der Waals surface area contributed by atoms with E-state index in [9.17, 15) is 8.42 Å². The van der Waals surface area contributed by atoms with Crippen LogP contribution in [0.5, 0.6) is 11.5 Å². The van der Waals surface area contributed by atoms with Gasteiger partial charge >= 0.3 is 0 Å². The van der Waals surface area contributed by atoms with Crippen molar-refractivity contribution in [3.8, 4) is 11.5 Å². The SMILES string of the molecule is COc1cc(Br)c(S(=O)(=O)NCCCN(C)C)cc1OC. The average Bonchev–Trinajstić information content (AvgIpc) is 2.42. The quantitative estimate of drug-likeness (QED) is 0.695. The van der Waals surface area contributed by atoms with Gasteiger partial charge in [0.05, 0.1) is 14.2 Å². The summed E-state index contributed by atoms with van der Waals surface area (Å²) in [5, 5.41) is 0. The van der Waals surface area contributed by atoms with Crippen molar-refractivity contribution in [2.75, 3.05) is 41.4 Å². The summed E-state index contributed by atoms with van der Waals surface area (Å²) in [6, 6.07) is 3.02. The summed E-state index contributed by atoms with van der Waals surface area (Å²) in [6.07, 6.45) is 0.733. The second kappa shape index (κ2) is 7.98. The number of nitrogens with zero attached hydrogens (tertiary/aromatic N) is 1. The third-order valence-corrected chi connectivity index (χ3v) is 5.22. The van der Waals surface area contributed by atoms with Crippen LogP contribution in [0, 0.1) is 0 Å². The van der Waals surface area contributed by atoms with Crippen molar-refractivity contribution in [2.24, 2.45) is 0 Å². The molecule has 6 nitrogen and oxygen atoms in total. The second-order valence-electron chi connectivity index (χ2n) is 4.69. The Morgan fingerprint density at radius 1 is 1.19 bits per heavy atom. The number of sulfonamides is 1. The zero-order chi connectivity index (χ0) is 16.0. The predicted molar refractivity (Wildman–Crippen MR) is 85.6 cm³/mol. The molecule has 0 aliphatic rings. The number of benzene rings is 1. The van der Waals surface area contributed by atoms with Gasteiger partial charge in [0.15, 0.2) is 11.5 Å². The van der Waals surface area contributed by atoms with Crippen LogP contribution in [0.15, 0.2) is 21.5 Å². The molecule has 0 atom stereocenters. The molecule has 1 rings (SSSR count). The summed E-state index contributed by atoms with van der Waals surface area (Å²) >= 11 is 3.26. The third-order valence-electron chi connectivity index (χ3n) is 2.80. The summed E-state index contributed by atoms with van der Waals surface area (Å²) in [7, 11) is 3.25. The lowest BCUT2D eigenvalue weighted by atomic mass is 10.3. The number of rotatable bonds is 8. The van der Waals surface area contributed by atoms with E-state index in [0.29, 0.717) is 22.5 Å². The molecule has 0 amide bonds. The molecule has 0 saturated carbocycles. The fourth-order valence-electron chi connectivity index (χ4n) is 1.72. The summed E-state index contributed by atoms with van der Waals surface area (Å²) in [5.41, 5.74) is 0. The third kappa shape index (κ3) is 5.14. The highest BCUT2D eigenvalue weighted by Crippen LogP contribution is 2.35. The predicted octanol–water partition coefficient (Wildman–Crippen LogP) is 1.70. The van der Waals surface area contributed by atoms with Crippen molar-refractivity contribution in [1.29, 1.82) is 0 Å². The van der Waals surface area contributed by atoms with E-state index >= 15 is 0 Å². The molecule has 1 N–H and O–H groups in total. The Bertz CT molecular complexity index is 576. The van der Waals surface area contributed by atoms with E-state index in [1.54, 1.807) is 6.07 Å². The number of methoxy groups -OCH3 is 2. The van der Waals surface area contributed by atoms with Gasteiger partial charge in [-0.15, -0.1) is 0 Å². The van der Waals surface area contributed by atoms with Gasteiger partial charge in [-0.1, -0.05) is 0 Å². The van der Waals surface area contributed by atoms with E-state index in [4.69, 9.17) is 9.47 Å². The summed E-state index contributed by atoms with van der Waals surface area (Å²) in [5.74, 6) is 0.838. The van der Waals surface area contributed by atoms with Crippen LogP contribution >= 0.6 is 15.9 Å². The highest BCUT2D eigenvalue weighted by atomic mass is 79.9. The van der Waals surface area contributed by atoms with Crippen LogP contribution in [-0.2, 0) is 10.0 Å². The van der Waals surface area contributed by atoms with Gasteiger partial charge < -0.3 is 14.4 Å². The van der Waals surface area contributed by atoms with E-state index in [0.717, 1.165) is 13.0 Å². The zero-order valence-corrected chi connectivity index (χ0v) is 15.0. The Balaban J connectivity index is 2.92. The van der Waals surface area contributed by atoms with Gasteiger partial charge in [0.2, 0.25) is 10.0 Å². The first-order chi connectivity index (χ1) is 9.81. The minimum absolute atomic E-state index is 0.130. The first-order valence-corrected chi connectivity index (χ1v) is 8.65. The maximum atomic E-state index is 12.3. The molecule has 0 aromatic heterocycles. The van der Waals surface area contributed by atoms with Crippen LogP contribution in [0.2, 0.25) is 0 Å². The van der Waals surface area contributed by atoms with Crippen molar-refractivity contribution >= 4 is 26.0 Å². The van der Waals surface area contributed by atoms with Gasteiger partial charge in [0.25, 0.3) is 0 Å². The lowest BCUT2D eigenvalue weighted by Crippen LogP contribution is -2.27. The van der Waals surface area contributed by atoms with Crippen molar-refractivity contribution < 1.29 is 17.9 Å². The van der Waals surface area contributed by atoms with E-state index in [-0.39, 0.29) is 4.90 Å². The normalized spacial score (nSPS) is 11.7. The first-order valence-electron chi connectivity index (χ1n) is 6.37. The van der Waals surface area contributed by atoms with E-state index in [2.05, 4.69) is 20.7 Å². The Kier molecular flexibility index (Phi) is 6.92. The van der Waals surface area contributed by atoms with Crippen LogP contribution < -0.4 is 14.2 Å². The van der Waals surface area contributed by atoms with Crippen molar-refractivity contribution in [2.45, 2.75) is 11.3 Å². The highest BCUT2D eigenvalue weighted by Gasteiger charge is 2.20. The molecule has 0 heterocycles. The number of nitrogens with one attached hydrogen (secondary N) is 1. The Morgan fingerprint density at radius 2 is 1.76 bits per heavy atom. The molecule has 0 bridgehead atoms. The molecular weight excluding hydrogens is 360 g/mol. The Hall–Kier alpha value is -0.830. The van der Waals surface area contributed by atoms with Crippen LogP contribution in [0.3, 0.4) is 0 Å². The molecule has 0 spiro atoms. The summed E-state index contributed by atoms with van der Waals surface area (Å²) in [4.78, 5) is 2.13. The zero-order valence-electron chi connectivity index (χ0n) is 12.6. The highest BCUT2D eigenvalue weighted by molar-refractivity contribution is 9.10. The molecule has 0 unspecified atom stereocenters. The Morgan fingerprint density at radius 3 is 2.29 bits per heavy atom. The molecule has 0 radical (unpaired) electrons. The van der Waals surface area contributed by atoms with E-state index < -0.39 is 10.0 Å². The molecule has 0 fully saturated rings. The molecule has 1 aromatic carbocycles. The smallest absolute Gasteiger partial charge is 0.241 e. The van der Waals surface area contributed by atoms with Gasteiger partial charge in [-0.05, 0) is 49.1 Å². The molecule has 0 aliphatic heterocycles. The molecule has 0 aliphatic carbocycles. The Labute approximate surface area is 134 Å². The number of hydrogen-bond acceptors (Lipinski definition) is 5. The second-order valence-corrected chi connectivity index (χ2v) is 7.28. The molecule has 8 heteroatoms. The van der Waals surface area contributed by atoms with Crippen LogP contribution in [0.25, 0.3) is 0 Å². The molecular formula is C13H21BrN2O4S. The maximum absolute atomic E-state index is 12.3. The van der Waals surface area contributed by atoms with Gasteiger partial charge in [0.1, 0.15) is 4.90 Å². The van der Waals surface area contributed by atoms with Crippen LogP contribution in [0.4, 0.5) is 0 Å². The largest absolute Gasteiger partial charge is 0.493 e. The maximum Gasteiger partial charge on any atom is 0.241 e. The first kappa shape index (κ1) is 18.2. The standard InChI is InChI=1S/C13H21BrN2O4S/c1-16(2)7-5-6-15-21(17,18)13-9-12(20-4)11(19-3)8-10(13)14/h8-9,15H,5-7H2,1-4H3. The minimum atomic E-state index is -3.60. The van der Waals surface area contributed by atoms with Gasteiger partial charge in [-0.25, -0.2) is 13.1 Å². The van der Waals surface area contributed by atoms with Crippen molar-refractivity contribution in [1.82, 2.24) is 9.62 Å². The fourth-order valence-corrected chi connectivity index (χ4v) is 3.83. The minimum Gasteiger partial charge on any atom is -0.493 e. The van der Waals surface area contributed by atoms with Gasteiger partial charge in [-0.3, -0.25) is 0 Å². The topological polar surface area (TPSA) is 67.9 Å². The van der Waals surface area contributed by atoms with Crippen molar-refractivity contribution in [3.63, 3.8) is 0 Å². The van der Waals surface area contributed by atoms with Crippen LogP contribution in [0.1, 0.15) is 6.42 Å². The number of hydrogen-bond donors (Lipinski definition) is 1. The number of halogens is 1. The summed E-state index contributed by atoms with van der Waals surface area (Å²) in [6.45, 7) is 1.19. The molecule has 1 aromatic rings. The van der Waals surface area contributed by atoms with Gasteiger partial charge in [0, 0.05) is 17.1 Å². The molecule has 0 saturated heterocycles. The average molecular weight is 381 g/mol. The van der Waals surface area contributed by atoms with E-state index in [1.165, 1.54) is 20.3 Å². The monoisotopic (exact) mass is 380 g/mol. The fraction of sp³-hybridized carbons (Fsp3) is 0.538. The van der Waals surface area contributed by atoms with Gasteiger partial charge in [-0.2, -0.15) is 0 Å². The lowest BCUT2D eigenvalue weighted by molar-refractivity contribution is 0.353. The van der Waals surface area contributed by atoms with E-state index in [1.807, 2.05) is 19.0 Å². The number of ether oxygens (including phenoxy) is 2. The van der Waals surface area contributed by atoms with Crippen molar-refractivity contribution in [3.05, 3.63) is 16.6 Å². The molecule has 21 heavy (non-hydrogen) atoms.